The smallest absolute Gasteiger partial charge is 0.178 e. The summed E-state index contributed by atoms with van der Waals surface area (Å²) in [5.41, 5.74) is -1.49. The van der Waals surface area contributed by atoms with Crippen LogP contribution in [0.5, 0.6) is 0 Å². The summed E-state index contributed by atoms with van der Waals surface area (Å²) in [7, 11) is 0. The molecule has 0 aromatic carbocycles. The number of halogens is 1. The van der Waals surface area contributed by atoms with Gasteiger partial charge in [-0.05, 0) is 24.3 Å². The number of carbonyl (C=O) groups excluding carboxylic acids is 1. The SMILES string of the molecule is C=CCC1(F)C=CC(=O)C=C1. The van der Waals surface area contributed by atoms with E-state index in [1.165, 1.54) is 30.4 Å². The van der Waals surface area contributed by atoms with Crippen LogP contribution in [-0.2, 0) is 4.79 Å². The van der Waals surface area contributed by atoms with Crippen LogP contribution in [-0.4, -0.2) is 11.5 Å². The molecule has 0 N–H and O–H groups in total. The zero-order valence-corrected chi connectivity index (χ0v) is 6.09. The molecule has 58 valence electrons. The number of alkyl halides is 1. The molecular weight excluding hydrogens is 143 g/mol. The van der Waals surface area contributed by atoms with E-state index in [4.69, 9.17) is 0 Å². The maximum Gasteiger partial charge on any atom is 0.178 e. The van der Waals surface area contributed by atoms with Crippen molar-refractivity contribution in [2.45, 2.75) is 12.1 Å². The highest BCUT2D eigenvalue weighted by Crippen LogP contribution is 2.23. The minimum Gasteiger partial charge on any atom is -0.290 e. The number of hydrogen-bond donors (Lipinski definition) is 0. The van der Waals surface area contributed by atoms with E-state index in [-0.39, 0.29) is 12.2 Å². The van der Waals surface area contributed by atoms with E-state index in [9.17, 15) is 9.18 Å². The monoisotopic (exact) mass is 152 g/mol. The maximum atomic E-state index is 13.3. The van der Waals surface area contributed by atoms with E-state index < -0.39 is 5.67 Å². The van der Waals surface area contributed by atoms with Crippen LogP contribution in [0.15, 0.2) is 37.0 Å². The van der Waals surface area contributed by atoms with Crippen LogP contribution in [0.25, 0.3) is 0 Å². The normalized spacial score (nSPS) is 20.3. The highest BCUT2D eigenvalue weighted by atomic mass is 19.1. The zero-order valence-electron chi connectivity index (χ0n) is 6.09. The molecule has 0 atom stereocenters. The second kappa shape index (κ2) is 2.82. The van der Waals surface area contributed by atoms with Gasteiger partial charge in [0.05, 0.1) is 0 Å². The van der Waals surface area contributed by atoms with Crippen LogP contribution >= 0.6 is 0 Å². The number of ketones is 1. The van der Waals surface area contributed by atoms with Crippen LogP contribution in [0, 0.1) is 0 Å². The highest BCUT2D eigenvalue weighted by molar-refractivity contribution is 6.00. The Morgan fingerprint density at radius 3 is 2.55 bits per heavy atom. The molecule has 1 aliphatic rings. The number of rotatable bonds is 2. The van der Waals surface area contributed by atoms with Gasteiger partial charge in [-0.25, -0.2) is 4.39 Å². The lowest BCUT2D eigenvalue weighted by Crippen LogP contribution is -2.18. The Hall–Kier alpha value is -1.18. The van der Waals surface area contributed by atoms with Crippen molar-refractivity contribution in [1.82, 2.24) is 0 Å². The van der Waals surface area contributed by atoms with Gasteiger partial charge in [0.2, 0.25) is 0 Å². The van der Waals surface area contributed by atoms with Crippen molar-refractivity contribution in [3.8, 4) is 0 Å². The van der Waals surface area contributed by atoms with Crippen LogP contribution in [0.4, 0.5) is 4.39 Å². The first-order valence-corrected chi connectivity index (χ1v) is 3.38. The topological polar surface area (TPSA) is 17.1 Å². The van der Waals surface area contributed by atoms with Gasteiger partial charge < -0.3 is 0 Å². The van der Waals surface area contributed by atoms with E-state index in [0.717, 1.165) is 0 Å². The number of hydrogen-bond acceptors (Lipinski definition) is 1. The fourth-order valence-electron chi connectivity index (χ4n) is 0.910. The van der Waals surface area contributed by atoms with Crippen LogP contribution < -0.4 is 0 Å². The summed E-state index contributed by atoms with van der Waals surface area (Å²) < 4.78 is 13.3. The average Bonchev–Trinajstić information content (AvgIpc) is 1.97. The van der Waals surface area contributed by atoms with Gasteiger partial charge in [0.25, 0.3) is 0 Å². The summed E-state index contributed by atoms with van der Waals surface area (Å²) in [5, 5.41) is 0. The quantitative estimate of drug-likeness (QED) is 0.553. The first kappa shape index (κ1) is 7.92. The Balaban J connectivity index is 2.75. The lowest BCUT2D eigenvalue weighted by molar-refractivity contribution is -0.110. The van der Waals surface area contributed by atoms with Gasteiger partial charge in [0.1, 0.15) is 0 Å². The average molecular weight is 152 g/mol. The van der Waals surface area contributed by atoms with Gasteiger partial charge >= 0.3 is 0 Å². The molecule has 0 unspecified atom stereocenters. The lowest BCUT2D eigenvalue weighted by Gasteiger charge is -2.16. The molecule has 11 heavy (non-hydrogen) atoms. The second-order valence-electron chi connectivity index (χ2n) is 2.49. The van der Waals surface area contributed by atoms with E-state index in [2.05, 4.69) is 6.58 Å². The van der Waals surface area contributed by atoms with Crippen molar-refractivity contribution in [2.24, 2.45) is 0 Å². The molecule has 1 nitrogen and oxygen atoms in total. The molecule has 0 saturated carbocycles. The number of allylic oxidation sites excluding steroid dienone is 5. The summed E-state index contributed by atoms with van der Waals surface area (Å²) in [6.07, 6.45) is 6.71. The van der Waals surface area contributed by atoms with Crippen molar-refractivity contribution in [1.29, 1.82) is 0 Å². The molecular formula is C9H9FO. The Kier molecular flexibility index (Phi) is 2.03. The Morgan fingerprint density at radius 1 is 1.55 bits per heavy atom. The van der Waals surface area contributed by atoms with Crippen molar-refractivity contribution >= 4 is 5.78 Å². The molecule has 0 bridgehead atoms. The van der Waals surface area contributed by atoms with E-state index in [1.807, 2.05) is 0 Å². The van der Waals surface area contributed by atoms with Gasteiger partial charge in [-0.1, -0.05) is 6.08 Å². The van der Waals surface area contributed by atoms with Crippen molar-refractivity contribution in [3.05, 3.63) is 37.0 Å². The van der Waals surface area contributed by atoms with Crippen LogP contribution in [0.1, 0.15) is 6.42 Å². The second-order valence-corrected chi connectivity index (χ2v) is 2.49. The maximum absolute atomic E-state index is 13.3. The minimum atomic E-state index is -1.49. The Morgan fingerprint density at radius 2 is 2.09 bits per heavy atom. The highest BCUT2D eigenvalue weighted by Gasteiger charge is 2.23. The van der Waals surface area contributed by atoms with E-state index >= 15 is 0 Å². The number of carbonyl (C=O) groups is 1. The molecule has 0 spiro atoms. The molecule has 1 aliphatic carbocycles. The van der Waals surface area contributed by atoms with E-state index in [1.54, 1.807) is 0 Å². The van der Waals surface area contributed by atoms with Crippen molar-refractivity contribution in [3.63, 3.8) is 0 Å². The predicted molar refractivity (Wildman–Crippen MR) is 41.9 cm³/mol. The summed E-state index contributed by atoms with van der Waals surface area (Å²) >= 11 is 0. The van der Waals surface area contributed by atoms with Gasteiger partial charge in [-0.3, -0.25) is 4.79 Å². The Bertz CT molecular complexity index is 222. The third-order valence-corrected chi connectivity index (χ3v) is 1.51. The van der Waals surface area contributed by atoms with Gasteiger partial charge in [0.15, 0.2) is 11.5 Å². The molecule has 0 fully saturated rings. The van der Waals surface area contributed by atoms with Crippen LogP contribution in [0.3, 0.4) is 0 Å². The molecule has 0 heterocycles. The van der Waals surface area contributed by atoms with Gasteiger partial charge in [-0.2, -0.15) is 0 Å². The molecule has 0 amide bonds. The molecule has 2 heteroatoms. The summed E-state index contributed by atoms with van der Waals surface area (Å²) in [5.74, 6) is -0.165. The van der Waals surface area contributed by atoms with Crippen LogP contribution in [0.2, 0.25) is 0 Å². The molecule has 0 saturated heterocycles. The molecule has 0 aromatic rings. The molecule has 1 rings (SSSR count). The first-order valence-electron chi connectivity index (χ1n) is 3.38. The third-order valence-electron chi connectivity index (χ3n) is 1.51. The fourth-order valence-corrected chi connectivity index (χ4v) is 0.910. The van der Waals surface area contributed by atoms with E-state index in [0.29, 0.717) is 0 Å². The zero-order chi connectivity index (χ0) is 8.32. The summed E-state index contributed by atoms with van der Waals surface area (Å²) in [4.78, 5) is 10.6. The summed E-state index contributed by atoms with van der Waals surface area (Å²) in [6, 6.07) is 0. The van der Waals surface area contributed by atoms with Gasteiger partial charge in [-0.15, -0.1) is 6.58 Å². The molecule has 0 aliphatic heterocycles. The predicted octanol–water partition coefficient (Wildman–Crippen LogP) is 1.97. The molecule has 0 aromatic heterocycles. The Labute approximate surface area is 64.9 Å². The van der Waals surface area contributed by atoms with Gasteiger partial charge in [0, 0.05) is 6.42 Å². The summed E-state index contributed by atoms with van der Waals surface area (Å²) in [6.45, 7) is 3.43. The van der Waals surface area contributed by atoms with Crippen molar-refractivity contribution in [2.75, 3.05) is 0 Å². The minimum absolute atomic E-state index is 0.165. The largest absolute Gasteiger partial charge is 0.290 e. The molecule has 0 radical (unpaired) electrons. The third kappa shape index (κ3) is 1.87. The standard InChI is InChI=1S/C9H9FO/c1-2-5-9(10)6-3-8(11)4-7-9/h2-4,6-7H,1,5H2. The lowest BCUT2D eigenvalue weighted by atomic mass is 9.96. The first-order chi connectivity index (χ1) is 5.16. The van der Waals surface area contributed by atoms with Crippen molar-refractivity contribution < 1.29 is 9.18 Å². The fraction of sp³-hybridized carbons (Fsp3) is 0.222.